The summed E-state index contributed by atoms with van der Waals surface area (Å²) in [5, 5.41) is 0. The highest BCUT2D eigenvalue weighted by atomic mass is 16.8. The fourth-order valence-corrected chi connectivity index (χ4v) is 2.31. The second kappa shape index (κ2) is 4.17. The predicted octanol–water partition coefficient (Wildman–Crippen LogP) is 1.02. The van der Waals surface area contributed by atoms with E-state index in [1.54, 1.807) is 27.0 Å². The fraction of sp³-hybridized carbons (Fsp3) is 0.750. The van der Waals surface area contributed by atoms with Crippen LogP contribution in [0.15, 0.2) is 12.2 Å². The minimum atomic E-state index is -0.834. The zero-order valence-electron chi connectivity index (χ0n) is 10.6. The first-order valence-corrected chi connectivity index (χ1v) is 5.63. The van der Waals surface area contributed by atoms with E-state index >= 15 is 0 Å². The lowest BCUT2D eigenvalue weighted by molar-refractivity contribution is -0.188. The molecular formula is C12H18O5. The van der Waals surface area contributed by atoms with Gasteiger partial charge in [-0.3, -0.25) is 4.79 Å². The van der Waals surface area contributed by atoms with Crippen molar-refractivity contribution in [3.8, 4) is 0 Å². The smallest absolute Gasteiger partial charge is 0.187 e. The van der Waals surface area contributed by atoms with Crippen molar-refractivity contribution in [1.82, 2.24) is 0 Å². The Morgan fingerprint density at radius 3 is 2.88 bits per heavy atom. The molecule has 0 radical (unpaired) electrons. The van der Waals surface area contributed by atoms with Crippen molar-refractivity contribution in [2.24, 2.45) is 0 Å². The Morgan fingerprint density at radius 2 is 2.24 bits per heavy atom. The normalized spacial score (nSPS) is 36.2. The Kier molecular flexibility index (Phi) is 3.12. The van der Waals surface area contributed by atoms with E-state index in [2.05, 4.69) is 0 Å². The second-order valence-electron chi connectivity index (χ2n) is 4.80. The monoisotopic (exact) mass is 242 g/mol. The van der Waals surface area contributed by atoms with Gasteiger partial charge in [0.25, 0.3) is 0 Å². The van der Waals surface area contributed by atoms with Crippen LogP contribution in [0.2, 0.25) is 0 Å². The molecular weight excluding hydrogens is 224 g/mol. The molecule has 0 unspecified atom stereocenters. The molecule has 0 aromatic heterocycles. The molecule has 1 heterocycles. The van der Waals surface area contributed by atoms with Crippen LogP contribution in [0.3, 0.4) is 0 Å². The summed E-state index contributed by atoms with van der Waals surface area (Å²) in [6.07, 6.45) is 2.28. The average molecular weight is 242 g/mol. The molecule has 1 aliphatic carbocycles. The van der Waals surface area contributed by atoms with E-state index in [-0.39, 0.29) is 18.7 Å². The molecule has 3 atom stereocenters. The number of carbonyl (C=O) groups excluding carboxylic acids is 1. The van der Waals surface area contributed by atoms with Crippen molar-refractivity contribution in [3.63, 3.8) is 0 Å². The molecule has 2 aliphatic rings. The Bertz CT molecular complexity index is 349. The molecule has 0 aromatic carbocycles. The van der Waals surface area contributed by atoms with Crippen LogP contribution in [-0.4, -0.2) is 43.3 Å². The van der Waals surface area contributed by atoms with Crippen LogP contribution in [0.25, 0.3) is 0 Å². The third-order valence-corrected chi connectivity index (χ3v) is 3.07. The Balaban J connectivity index is 2.21. The molecule has 1 aliphatic heterocycles. The van der Waals surface area contributed by atoms with Crippen LogP contribution in [0.1, 0.15) is 20.8 Å². The van der Waals surface area contributed by atoms with Crippen LogP contribution >= 0.6 is 0 Å². The Labute approximate surface area is 101 Å². The van der Waals surface area contributed by atoms with E-state index in [1.165, 1.54) is 6.08 Å². The number of ketones is 1. The summed E-state index contributed by atoms with van der Waals surface area (Å²) in [5.74, 6) is -0.862. The van der Waals surface area contributed by atoms with E-state index in [4.69, 9.17) is 18.9 Å². The minimum absolute atomic E-state index is 0.0801. The van der Waals surface area contributed by atoms with Gasteiger partial charge in [-0.2, -0.15) is 0 Å². The summed E-state index contributed by atoms with van der Waals surface area (Å²) in [6.45, 7) is 5.58. The molecule has 2 rings (SSSR count). The van der Waals surface area contributed by atoms with Crippen LogP contribution in [-0.2, 0) is 23.7 Å². The van der Waals surface area contributed by atoms with Gasteiger partial charge in [-0.05, 0) is 32.9 Å². The molecule has 1 saturated heterocycles. The van der Waals surface area contributed by atoms with Crippen molar-refractivity contribution >= 4 is 5.78 Å². The zero-order valence-corrected chi connectivity index (χ0v) is 10.6. The summed E-state index contributed by atoms with van der Waals surface area (Å²) in [7, 11) is 1.55. The molecule has 17 heavy (non-hydrogen) atoms. The lowest BCUT2D eigenvalue weighted by Gasteiger charge is -2.31. The number of methoxy groups -OCH3 is 1. The topological polar surface area (TPSA) is 54.0 Å². The molecule has 1 fully saturated rings. The summed E-state index contributed by atoms with van der Waals surface area (Å²) in [6, 6.07) is 0. The van der Waals surface area contributed by atoms with Gasteiger partial charge in [0.2, 0.25) is 0 Å². The van der Waals surface area contributed by atoms with E-state index < -0.39 is 17.5 Å². The van der Waals surface area contributed by atoms with Gasteiger partial charge in [0.15, 0.2) is 17.7 Å². The second-order valence-corrected chi connectivity index (χ2v) is 4.80. The van der Waals surface area contributed by atoms with E-state index in [1.807, 2.05) is 6.92 Å². The molecule has 5 nitrogen and oxygen atoms in total. The molecule has 0 N–H and O–H groups in total. The SMILES string of the molecule is COCO[C@H](C)[C@@]12C=CC(=O)[C@@H]1OC(C)(C)O2. The van der Waals surface area contributed by atoms with Gasteiger partial charge in [-0.25, -0.2) is 0 Å². The largest absolute Gasteiger partial charge is 0.359 e. The highest BCUT2D eigenvalue weighted by molar-refractivity contribution is 5.98. The summed E-state index contributed by atoms with van der Waals surface area (Å²) < 4.78 is 21.9. The third-order valence-electron chi connectivity index (χ3n) is 3.07. The Hall–Kier alpha value is -0.750. The number of rotatable bonds is 4. The predicted molar refractivity (Wildman–Crippen MR) is 59.3 cm³/mol. The van der Waals surface area contributed by atoms with Crippen LogP contribution < -0.4 is 0 Å². The number of hydrogen-bond donors (Lipinski definition) is 0. The van der Waals surface area contributed by atoms with Crippen molar-refractivity contribution < 1.29 is 23.7 Å². The van der Waals surface area contributed by atoms with Crippen LogP contribution in [0.5, 0.6) is 0 Å². The maximum atomic E-state index is 11.7. The zero-order chi connectivity index (χ0) is 12.7. The number of carbonyl (C=O) groups is 1. The number of fused-ring (bicyclic) bond motifs is 1. The van der Waals surface area contributed by atoms with Gasteiger partial charge in [0.05, 0.1) is 6.10 Å². The van der Waals surface area contributed by atoms with Gasteiger partial charge in [-0.15, -0.1) is 0 Å². The lowest BCUT2D eigenvalue weighted by Crippen LogP contribution is -2.49. The lowest BCUT2D eigenvalue weighted by atomic mass is 9.94. The van der Waals surface area contributed by atoms with Crippen molar-refractivity contribution in [3.05, 3.63) is 12.2 Å². The summed E-state index contributed by atoms with van der Waals surface area (Å²) >= 11 is 0. The molecule has 0 saturated carbocycles. The van der Waals surface area contributed by atoms with Gasteiger partial charge < -0.3 is 18.9 Å². The van der Waals surface area contributed by atoms with Crippen LogP contribution in [0, 0.1) is 0 Å². The highest BCUT2D eigenvalue weighted by Gasteiger charge is 2.60. The molecule has 0 aromatic rings. The quantitative estimate of drug-likeness (QED) is 0.689. The van der Waals surface area contributed by atoms with E-state index in [0.717, 1.165) is 0 Å². The molecule has 0 amide bonds. The van der Waals surface area contributed by atoms with Crippen molar-refractivity contribution in [2.45, 2.75) is 44.4 Å². The van der Waals surface area contributed by atoms with E-state index in [0.29, 0.717) is 0 Å². The van der Waals surface area contributed by atoms with E-state index in [9.17, 15) is 4.79 Å². The van der Waals surface area contributed by atoms with Gasteiger partial charge in [0, 0.05) is 7.11 Å². The van der Waals surface area contributed by atoms with Gasteiger partial charge in [-0.1, -0.05) is 0 Å². The number of hydrogen-bond acceptors (Lipinski definition) is 5. The van der Waals surface area contributed by atoms with Crippen LogP contribution in [0.4, 0.5) is 0 Å². The first-order chi connectivity index (χ1) is 7.91. The third kappa shape index (κ3) is 2.04. The molecule has 0 spiro atoms. The maximum absolute atomic E-state index is 11.7. The van der Waals surface area contributed by atoms with Gasteiger partial charge in [0.1, 0.15) is 12.4 Å². The Morgan fingerprint density at radius 1 is 1.53 bits per heavy atom. The van der Waals surface area contributed by atoms with Gasteiger partial charge >= 0.3 is 0 Å². The van der Waals surface area contributed by atoms with Crippen molar-refractivity contribution in [1.29, 1.82) is 0 Å². The molecule has 0 bridgehead atoms. The molecule has 96 valence electrons. The standard InChI is InChI=1S/C12H18O5/c1-8(15-7-14-4)12-6-5-9(13)10(12)16-11(2,3)17-12/h5-6,8,10H,7H2,1-4H3/t8-,10+,12+/m1/s1. The molecule has 5 heteroatoms. The average Bonchev–Trinajstić information content (AvgIpc) is 2.69. The first kappa shape index (κ1) is 12.7. The maximum Gasteiger partial charge on any atom is 0.187 e. The minimum Gasteiger partial charge on any atom is -0.359 e. The van der Waals surface area contributed by atoms with Crippen molar-refractivity contribution in [2.75, 3.05) is 13.9 Å². The number of ether oxygens (including phenoxy) is 4. The first-order valence-electron chi connectivity index (χ1n) is 5.63. The fourth-order valence-electron chi connectivity index (χ4n) is 2.31. The highest BCUT2D eigenvalue weighted by Crippen LogP contribution is 2.44. The summed E-state index contributed by atoms with van der Waals surface area (Å²) in [4.78, 5) is 11.7. The summed E-state index contributed by atoms with van der Waals surface area (Å²) in [5.41, 5.74) is -0.834.